The predicted octanol–water partition coefficient (Wildman–Crippen LogP) is 12.0. The molecule has 1 fully saturated rings. The molecule has 9 rings (SSSR count). The van der Waals surface area contributed by atoms with E-state index < -0.39 is 21.4 Å². The van der Waals surface area contributed by atoms with E-state index in [-0.39, 0.29) is 83.0 Å². The van der Waals surface area contributed by atoms with Gasteiger partial charge in [0.25, 0.3) is 11.2 Å². The standard InChI is InChI=1S/C8H12N2O.C7H9NO.C7H8O2.C7H8O.C6H11NS.C5H9NO2.C5H8O2.C4H7N3.C4H6N2O2S.C4H6N2OS.C4H6N2.C4H6O2.C3H6O.C3H6S/c1-5-4-8(7(3)11)10-9-6(5)2;1-6-3-4-8(5-6)7(2)9;1-4-5(2)7(9)3-6(4)8;1-4-5(2)7(8)6(4)3;1-5-3-4-8-6(2)7-5;1-4-3-6(2)5(7)8-4;1-4(6)3-5(2)7;1-3-5-4(2)7-6-3;1-3-4(2)6-9(7,8)5-3;1-3-4(2)6-8(7)5-3;1-4(2)6-3-5;1-3(5)4(2)6;2*1-3(2)4/h5,9H,2,4H2,1,3H3;3-5H,1-2H3;3H2,1-2H3;2H2,1,3H3;5H,3-4H2,1-2H3;4H,3H2,1-2H3;3H2,1-2H3;1-2H3,(H,5,6,7);1-2H3;1-2H3;2*1-2H3;2*1-2H3. The van der Waals surface area contributed by atoms with E-state index in [1.807, 2.05) is 86.3 Å². The number of aromatic nitrogens is 4. The molecule has 33 heteroatoms. The minimum Gasteiger partial charge on any atom is -0.445 e. The number of cyclic esters (lactones) is 1. The van der Waals surface area contributed by atoms with Crippen molar-refractivity contribution < 1.29 is 70.1 Å². The fraction of sp³-hybridized carbons (Fsp3) is 0.521. The van der Waals surface area contributed by atoms with Crippen molar-refractivity contribution in [2.24, 2.45) is 38.6 Å². The number of hydrogen-bond acceptors (Lipinski definition) is 24. The van der Waals surface area contributed by atoms with Crippen LogP contribution in [0.1, 0.15) is 214 Å². The number of amides is 1. The van der Waals surface area contributed by atoms with E-state index in [0.29, 0.717) is 52.2 Å². The Kier molecular flexibility index (Phi) is 54.3. The second kappa shape index (κ2) is 54.5. The number of thioether (sulfide) groups is 1. The van der Waals surface area contributed by atoms with Gasteiger partial charge in [-0.25, -0.2) is 14.0 Å². The number of ketones is 9. The first-order valence-corrected chi connectivity index (χ1v) is 36.0. The summed E-state index contributed by atoms with van der Waals surface area (Å²) >= 11 is 5.10. The van der Waals surface area contributed by atoms with E-state index in [4.69, 9.17) is 10.00 Å². The molecule has 0 saturated carbocycles. The average molecular weight is 1530 g/mol. The van der Waals surface area contributed by atoms with Gasteiger partial charge in [0.05, 0.1) is 47.3 Å². The van der Waals surface area contributed by atoms with Crippen LogP contribution in [-0.4, -0.2) is 177 Å². The maximum Gasteiger partial charge on any atom is 0.409 e. The third kappa shape index (κ3) is 53.7. The molecule has 0 bridgehead atoms. The Balaban J connectivity index is -0.000000341. The van der Waals surface area contributed by atoms with Crippen molar-refractivity contribution in [3.8, 4) is 6.19 Å². The van der Waals surface area contributed by atoms with Crippen molar-refractivity contribution in [1.29, 1.82) is 5.26 Å². The van der Waals surface area contributed by atoms with Crippen LogP contribution >= 0.6 is 24.0 Å². The first kappa shape index (κ1) is 104. The van der Waals surface area contributed by atoms with Crippen molar-refractivity contribution in [2.45, 2.75) is 225 Å². The molecule has 3 unspecified atom stereocenters. The van der Waals surface area contributed by atoms with Crippen LogP contribution in [0.4, 0.5) is 4.79 Å². The van der Waals surface area contributed by atoms with Gasteiger partial charge in [0, 0.05) is 93.8 Å². The first-order chi connectivity index (χ1) is 47.6. The average Bonchev–Trinajstić information content (AvgIpc) is 1.31. The number of ether oxygens (including phenoxy) is 1. The van der Waals surface area contributed by atoms with Crippen molar-refractivity contribution in [3.63, 3.8) is 0 Å². The number of aromatic amines is 1. The maximum atomic E-state index is 10.9. The topological polar surface area (TPSA) is 420 Å². The van der Waals surface area contributed by atoms with Crippen LogP contribution in [0.15, 0.2) is 97.9 Å². The summed E-state index contributed by atoms with van der Waals surface area (Å²) < 4.78 is 51.6. The molecular weight excluding hydrogens is 1420 g/mol. The van der Waals surface area contributed by atoms with Crippen LogP contribution in [0.3, 0.4) is 0 Å². The zero-order valence-electron chi connectivity index (χ0n) is 65.7. The molecule has 2 aliphatic carbocycles. The van der Waals surface area contributed by atoms with Gasteiger partial charge in [-0.15, -0.1) is 20.6 Å². The van der Waals surface area contributed by atoms with Gasteiger partial charge in [-0.2, -0.15) is 37.7 Å². The third-order valence-corrected chi connectivity index (χ3v) is 15.6. The summed E-state index contributed by atoms with van der Waals surface area (Å²) in [5, 5.41) is 19.4. The Bertz CT molecular complexity index is 3760. The van der Waals surface area contributed by atoms with E-state index in [0.717, 1.165) is 62.6 Å². The number of carbonyl (C=O) groups is 11. The zero-order valence-corrected chi connectivity index (χ0v) is 69.0. The van der Waals surface area contributed by atoms with Crippen molar-refractivity contribution in [3.05, 3.63) is 82.4 Å². The fourth-order valence-corrected chi connectivity index (χ4v) is 9.31. The number of likely N-dealkylation sites (N-methyl/N-ethyl adjacent to an activating group) is 1. The zero-order chi connectivity index (χ0) is 82.4. The molecule has 104 heavy (non-hydrogen) atoms. The summed E-state index contributed by atoms with van der Waals surface area (Å²) in [5.74, 6) is 2.72. The summed E-state index contributed by atoms with van der Waals surface area (Å²) in [6, 6.07) is 2.48. The number of nitrogens with one attached hydrogen (secondary N) is 2. The van der Waals surface area contributed by atoms with Crippen LogP contribution in [0, 0.1) is 38.1 Å². The number of thiocarbonyl (C=S) groups is 1. The van der Waals surface area contributed by atoms with Gasteiger partial charge < -0.3 is 14.4 Å². The van der Waals surface area contributed by atoms with E-state index in [1.54, 1.807) is 91.2 Å². The highest BCUT2D eigenvalue weighted by Crippen LogP contribution is 2.27. The van der Waals surface area contributed by atoms with Gasteiger partial charge in [-0.1, -0.05) is 32.3 Å². The Morgan fingerprint density at radius 3 is 1.37 bits per heavy atom. The number of hydrogen-bond donors (Lipinski definition) is 2. The molecule has 0 radical (unpaired) electrons. The van der Waals surface area contributed by atoms with E-state index >= 15 is 0 Å². The summed E-state index contributed by atoms with van der Waals surface area (Å²) in [4.78, 5) is 127. The quantitative estimate of drug-likeness (QED) is 0.0717. The highest BCUT2D eigenvalue weighted by molar-refractivity contribution is 8.13. The number of nitriles is 1. The van der Waals surface area contributed by atoms with Crippen molar-refractivity contribution in [2.75, 3.05) is 19.3 Å². The van der Waals surface area contributed by atoms with Crippen molar-refractivity contribution in [1.82, 2.24) is 30.1 Å². The Morgan fingerprint density at radius 1 is 0.750 bits per heavy atom. The Morgan fingerprint density at radius 2 is 1.21 bits per heavy atom. The highest BCUT2D eigenvalue weighted by atomic mass is 32.2. The molecule has 7 aliphatic rings. The number of Topliss-reactive ketones (excluding diaryl/α,β-unsaturated/α-hetero) is 9. The van der Waals surface area contributed by atoms with Gasteiger partial charge in [0.15, 0.2) is 34.7 Å². The van der Waals surface area contributed by atoms with Crippen molar-refractivity contribution >= 4 is 154 Å². The minimum absolute atomic E-state index is 0.0162. The fourth-order valence-electron chi connectivity index (χ4n) is 6.53. The number of H-pyrrole nitrogens is 1. The Labute approximate surface area is 626 Å². The van der Waals surface area contributed by atoms with Crippen LogP contribution < -0.4 is 5.43 Å². The molecule has 1 amide bonds. The van der Waals surface area contributed by atoms with Crippen LogP contribution in [-0.2, 0) is 69.3 Å². The molecule has 0 aromatic carbocycles. The van der Waals surface area contributed by atoms with Gasteiger partial charge in [0.1, 0.15) is 40.8 Å². The number of allylic oxidation sites excluding steroid dienone is 6. The lowest BCUT2D eigenvalue weighted by Crippen LogP contribution is -2.27. The first-order valence-electron chi connectivity index (χ1n) is 32.1. The lowest BCUT2D eigenvalue weighted by atomic mass is 9.85. The van der Waals surface area contributed by atoms with Gasteiger partial charge in [-0.05, 0) is 192 Å². The molecule has 29 nitrogen and oxygen atoms in total. The molecular formula is C71H108N14O15S4. The molecule has 2 N–H and O–H groups in total. The van der Waals surface area contributed by atoms with E-state index in [9.17, 15) is 65.4 Å². The number of aryl methyl sites for hydroxylation is 3. The third-order valence-electron chi connectivity index (χ3n) is 12.7. The number of carbonyl (C=O) groups excluding carboxylic acids is 11. The molecule has 5 aliphatic heterocycles. The molecule has 576 valence electrons. The van der Waals surface area contributed by atoms with Gasteiger partial charge in [-0.3, -0.25) is 63.2 Å². The number of nitrogens with zero attached hydrogens (tertiary/aromatic N) is 12. The Hall–Kier alpha value is -9.13. The second-order valence-electron chi connectivity index (χ2n) is 24.0. The molecule has 3 atom stereocenters. The van der Waals surface area contributed by atoms with E-state index in [1.165, 1.54) is 65.7 Å². The normalized spacial score (nSPS) is 17.1. The minimum atomic E-state index is -3.47. The summed E-state index contributed by atoms with van der Waals surface area (Å²) in [6.45, 7) is 54.6. The van der Waals surface area contributed by atoms with Crippen LogP contribution in [0.5, 0.6) is 0 Å². The van der Waals surface area contributed by atoms with Crippen LogP contribution in [0.25, 0.3) is 0 Å². The maximum absolute atomic E-state index is 10.9. The second-order valence-corrected chi connectivity index (χ2v) is 28.2. The number of rotatable bonds is 4. The number of hydrazone groups is 1. The van der Waals surface area contributed by atoms with Gasteiger partial charge in [0.2, 0.25) is 12.1 Å². The lowest BCUT2D eigenvalue weighted by Gasteiger charge is -2.19. The van der Waals surface area contributed by atoms with Crippen LogP contribution in [0.2, 0.25) is 0 Å². The molecule has 2 aromatic heterocycles. The summed E-state index contributed by atoms with van der Waals surface area (Å²) in [7, 11) is -1.74. The highest BCUT2D eigenvalue weighted by Gasteiger charge is 2.25. The smallest absolute Gasteiger partial charge is 0.409 e. The lowest BCUT2D eigenvalue weighted by molar-refractivity contribution is -0.134. The SMILES string of the molecule is C=C1C(=O)C(C)=C1C.C=C1NN=C(C(C)=O)CC1C.CC(=O)C(C)=O.CC(=O)CC(C)=O.CC(=O)n1ccc(C)c1.CC(C)=NC#N.CC(C)=O.CC(C)=S.CC1=C(C)C(=O)CC1=O.CC1=NC(C)CCS1.CC1=NS(=O)(=O)N=C1C.CC1=NS(=O)N=C1C.CC1CN(C)C(=O)O1.Cc1n[nH]c(C)n1. The summed E-state index contributed by atoms with van der Waals surface area (Å²) in [5.41, 5.74) is 12.6. The largest absolute Gasteiger partial charge is 0.445 e. The predicted molar refractivity (Wildman–Crippen MR) is 421 cm³/mol. The molecule has 7 heterocycles. The van der Waals surface area contributed by atoms with E-state index in [2.05, 4.69) is 92.5 Å². The summed E-state index contributed by atoms with van der Waals surface area (Å²) in [6.07, 6.45) is 7.23. The monoisotopic (exact) mass is 1520 g/mol. The molecule has 0 spiro atoms. The molecule has 2 aromatic rings. The molecule has 1 saturated heterocycles. The number of aliphatic imine (C=N–C) groups is 2. The van der Waals surface area contributed by atoms with Gasteiger partial charge >= 0.3 is 16.3 Å².